The van der Waals surface area contributed by atoms with Gasteiger partial charge in [0, 0.05) is 37.8 Å². The van der Waals surface area contributed by atoms with E-state index in [-0.39, 0.29) is 29.2 Å². The van der Waals surface area contributed by atoms with Crippen molar-refractivity contribution >= 4 is 17.5 Å². The predicted molar refractivity (Wildman–Crippen MR) is 102 cm³/mol. The van der Waals surface area contributed by atoms with Crippen LogP contribution in [0.1, 0.15) is 47.4 Å². The second-order valence-electron chi connectivity index (χ2n) is 7.18. The van der Waals surface area contributed by atoms with E-state index in [2.05, 4.69) is 37.2 Å². The second kappa shape index (κ2) is 7.69. The van der Waals surface area contributed by atoms with E-state index in [4.69, 9.17) is 0 Å². The summed E-state index contributed by atoms with van der Waals surface area (Å²) in [5, 5.41) is 6.79. The largest absolute Gasteiger partial charge is 0.356 e. The summed E-state index contributed by atoms with van der Waals surface area (Å²) in [5.41, 5.74) is 0.877. The second-order valence-corrected chi connectivity index (χ2v) is 7.18. The molecule has 1 fully saturated rings. The lowest BCUT2D eigenvalue weighted by atomic mass is 9.84. The highest BCUT2D eigenvalue weighted by Crippen LogP contribution is 2.35. The first-order chi connectivity index (χ1) is 14.0. The Morgan fingerprint density at radius 3 is 2.90 bits per heavy atom. The highest BCUT2D eigenvalue weighted by molar-refractivity contribution is 5.94. The molecule has 0 radical (unpaired) electrons. The van der Waals surface area contributed by atoms with Gasteiger partial charge in [-0.1, -0.05) is 6.92 Å². The van der Waals surface area contributed by atoms with Gasteiger partial charge in [0.25, 0.3) is 18.1 Å². The molecule has 4 heterocycles. The standard InChI is InChI=1S/C19H21F2N7O/c1-11-4-6-27(16-7-12(3-5-23-16)18(29)22-2)9-13(11)15-8-14(17(20)21)26-19-24-10-25-28(15)19/h3,5,7-8,10-11,13,17H,4,6,9H2,1-2H3,(H,22,29). The molecule has 0 aliphatic carbocycles. The number of hydrogen-bond donors (Lipinski definition) is 1. The Morgan fingerprint density at radius 1 is 1.31 bits per heavy atom. The number of amides is 1. The Morgan fingerprint density at radius 2 is 2.14 bits per heavy atom. The molecule has 1 saturated heterocycles. The van der Waals surface area contributed by atoms with Gasteiger partial charge in [0.2, 0.25) is 0 Å². The molecule has 10 heteroatoms. The Bertz CT molecular complexity index is 1040. The van der Waals surface area contributed by atoms with Crippen LogP contribution in [-0.4, -0.2) is 50.6 Å². The Balaban J connectivity index is 1.70. The van der Waals surface area contributed by atoms with Crippen LogP contribution in [0.2, 0.25) is 0 Å². The minimum Gasteiger partial charge on any atom is -0.356 e. The van der Waals surface area contributed by atoms with E-state index in [9.17, 15) is 13.6 Å². The monoisotopic (exact) mass is 401 g/mol. The van der Waals surface area contributed by atoms with E-state index < -0.39 is 6.43 Å². The lowest BCUT2D eigenvalue weighted by Crippen LogP contribution is -2.39. The number of carbonyl (C=O) groups excluding carboxylic acids is 1. The SMILES string of the molecule is CNC(=O)c1ccnc(N2CCC(C)C(c3cc(C(F)F)nc4ncnn34)C2)c1. The number of alkyl halides is 2. The van der Waals surface area contributed by atoms with Crippen LogP contribution in [0.4, 0.5) is 14.6 Å². The minimum absolute atomic E-state index is 0.0705. The summed E-state index contributed by atoms with van der Waals surface area (Å²) in [7, 11) is 1.58. The quantitative estimate of drug-likeness (QED) is 0.723. The van der Waals surface area contributed by atoms with Crippen molar-refractivity contribution < 1.29 is 13.6 Å². The summed E-state index contributed by atoms with van der Waals surface area (Å²) in [6, 6.07) is 4.82. The lowest BCUT2D eigenvalue weighted by Gasteiger charge is -2.38. The van der Waals surface area contributed by atoms with Crippen molar-refractivity contribution in [3.05, 3.63) is 47.7 Å². The molecular formula is C19H21F2N7O. The molecule has 152 valence electrons. The molecule has 0 spiro atoms. The molecule has 1 N–H and O–H groups in total. The van der Waals surface area contributed by atoms with Gasteiger partial charge in [-0.25, -0.2) is 23.3 Å². The van der Waals surface area contributed by atoms with E-state index in [1.54, 1.807) is 25.4 Å². The van der Waals surface area contributed by atoms with Crippen molar-refractivity contribution in [3.63, 3.8) is 0 Å². The number of rotatable bonds is 4. The molecule has 2 atom stereocenters. The first kappa shape index (κ1) is 19.2. The third kappa shape index (κ3) is 3.62. The summed E-state index contributed by atoms with van der Waals surface area (Å²) in [6.45, 7) is 3.42. The lowest BCUT2D eigenvalue weighted by molar-refractivity contribution is 0.0963. The third-order valence-corrected chi connectivity index (χ3v) is 5.42. The molecule has 3 aromatic rings. The van der Waals surface area contributed by atoms with Crippen molar-refractivity contribution in [2.75, 3.05) is 25.0 Å². The zero-order valence-corrected chi connectivity index (χ0v) is 16.1. The Kier molecular flexibility index (Phi) is 5.08. The molecule has 1 amide bonds. The number of fused-ring (bicyclic) bond motifs is 1. The highest BCUT2D eigenvalue weighted by atomic mass is 19.3. The number of halogens is 2. The molecule has 0 aromatic carbocycles. The normalized spacial score (nSPS) is 19.7. The molecule has 3 aromatic heterocycles. The molecule has 0 bridgehead atoms. The average molecular weight is 401 g/mol. The van der Waals surface area contributed by atoms with Crippen LogP contribution in [0.5, 0.6) is 0 Å². The molecule has 0 saturated carbocycles. The number of hydrogen-bond acceptors (Lipinski definition) is 6. The van der Waals surface area contributed by atoms with E-state index in [1.165, 1.54) is 16.9 Å². The van der Waals surface area contributed by atoms with E-state index in [0.29, 0.717) is 23.6 Å². The minimum atomic E-state index is -2.68. The average Bonchev–Trinajstić information content (AvgIpc) is 3.21. The number of aromatic nitrogens is 5. The fourth-order valence-electron chi connectivity index (χ4n) is 3.77. The zero-order valence-electron chi connectivity index (χ0n) is 16.1. The first-order valence-corrected chi connectivity index (χ1v) is 9.39. The van der Waals surface area contributed by atoms with Crippen LogP contribution in [0.3, 0.4) is 0 Å². The van der Waals surface area contributed by atoms with Gasteiger partial charge in [-0.2, -0.15) is 10.1 Å². The van der Waals surface area contributed by atoms with Gasteiger partial charge < -0.3 is 10.2 Å². The Hall–Kier alpha value is -3.17. The van der Waals surface area contributed by atoms with Gasteiger partial charge in [-0.3, -0.25) is 4.79 Å². The van der Waals surface area contributed by atoms with Crippen molar-refractivity contribution in [2.45, 2.75) is 25.7 Å². The molecule has 4 rings (SSSR count). The smallest absolute Gasteiger partial charge is 0.280 e. The van der Waals surface area contributed by atoms with Crippen LogP contribution in [0.25, 0.3) is 5.78 Å². The van der Waals surface area contributed by atoms with E-state index >= 15 is 0 Å². The number of carbonyl (C=O) groups is 1. The summed E-state index contributed by atoms with van der Waals surface area (Å²) >= 11 is 0. The summed E-state index contributed by atoms with van der Waals surface area (Å²) in [5.74, 6) is 0.839. The molecule has 8 nitrogen and oxygen atoms in total. The summed E-state index contributed by atoms with van der Waals surface area (Å²) < 4.78 is 28.3. The van der Waals surface area contributed by atoms with Crippen LogP contribution in [0, 0.1) is 5.92 Å². The molecule has 1 aliphatic heterocycles. The van der Waals surface area contributed by atoms with Crippen molar-refractivity contribution in [3.8, 4) is 0 Å². The fraction of sp³-hybridized carbons (Fsp3) is 0.421. The fourth-order valence-corrected chi connectivity index (χ4v) is 3.77. The summed E-state index contributed by atoms with van der Waals surface area (Å²) in [4.78, 5) is 26.3. The molecule has 2 unspecified atom stereocenters. The van der Waals surface area contributed by atoms with Gasteiger partial charge >= 0.3 is 0 Å². The maximum atomic E-state index is 13.4. The van der Waals surface area contributed by atoms with Gasteiger partial charge in [0.15, 0.2) is 0 Å². The Labute approximate surface area is 166 Å². The topological polar surface area (TPSA) is 88.3 Å². The number of nitrogens with zero attached hydrogens (tertiary/aromatic N) is 6. The third-order valence-electron chi connectivity index (χ3n) is 5.42. The molecule has 29 heavy (non-hydrogen) atoms. The number of pyridine rings is 1. The maximum Gasteiger partial charge on any atom is 0.280 e. The van der Waals surface area contributed by atoms with Crippen LogP contribution in [0.15, 0.2) is 30.7 Å². The molecule has 1 aliphatic rings. The van der Waals surface area contributed by atoms with Gasteiger partial charge in [0.05, 0.1) is 5.69 Å². The van der Waals surface area contributed by atoms with E-state index in [0.717, 1.165) is 13.0 Å². The van der Waals surface area contributed by atoms with Gasteiger partial charge in [0.1, 0.15) is 17.8 Å². The predicted octanol–water partition coefficient (Wildman–Crippen LogP) is 2.45. The van der Waals surface area contributed by atoms with E-state index in [1.807, 2.05) is 0 Å². The van der Waals surface area contributed by atoms with Crippen molar-refractivity contribution in [2.24, 2.45) is 5.92 Å². The van der Waals surface area contributed by atoms with Gasteiger partial charge in [-0.05, 0) is 30.5 Å². The van der Waals surface area contributed by atoms with Crippen LogP contribution < -0.4 is 10.2 Å². The van der Waals surface area contributed by atoms with Gasteiger partial charge in [-0.15, -0.1) is 0 Å². The van der Waals surface area contributed by atoms with Crippen molar-refractivity contribution in [1.29, 1.82) is 0 Å². The maximum absolute atomic E-state index is 13.4. The number of anilines is 1. The number of nitrogens with one attached hydrogen (secondary N) is 1. The van der Waals surface area contributed by atoms with Crippen LogP contribution >= 0.6 is 0 Å². The molecular weight excluding hydrogens is 380 g/mol. The van der Waals surface area contributed by atoms with Crippen molar-refractivity contribution in [1.82, 2.24) is 29.9 Å². The van der Waals surface area contributed by atoms with Crippen LogP contribution in [-0.2, 0) is 0 Å². The number of piperidine rings is 1. The zero-order chi connectivity index (χ0) is 20.5. The summed E-state index contributed by atoms with van der Waals surface area (Å²) in [6.07, 6.45) is 1.08. The highest BCUT2D eigenvalue weighted by Gasteiger charge is 2.31. The first-order valence-electron chi connectivity index (χ1n) is 9.39.